The van der Waals surface area contributed by atoms with Crippen LogP contribution in [0.3, 0.4) is 0 Å². The highest BCUT2D eigenvalue weighted by molar-refractivity contribution is 5.91. The van der Waals surface area contributed by atoms with Crippen LogP contribution < -0.4 is 19.7 Å². The lowest BCUT2D eigenvalue weighted by Crippen LogP contribution is -2.50. The highest BCUT2D eigenvalue weighted by Gasteiger charge is 2.23. The van der Waals surface area contributed by atoms with Crippen molar-refractivity contribution in [1.82, 2.24) is 4.90 Å². The molecule has 1 aliphatic rings. The Morgan fingerprint density at radius 1 is 0.963 bits per heavy atom. The van der Waals surface area contributed by atoms with E-state index < -0.39 is 0 Å². The molecule has 0 atom stereocenters. The van der Waals surface area contributed by atoms with Crippen molar-refractivity contribution in [3.05, 3.63) is 47.5 Å². The van der Waals surface area contributed by atoms with E-state index in [0.29, 0.717) is 30.3 Å². The summed E-state index contributed by atoms with van der Waals surface area (Å²) in [4.78, 5) is 16.9. The van der Waals surface area contributed by atoms with Gasteiger partial charge in [0.25, 0.3) is 0 Å². The molecule has 0 bridgehead atoms. The standard InChI is InChI=1S/C21H27N3O3/c1-15-6-5-7-16(2)20(15)23-10-12-24(13-11-23)21(25)22-18-14-17(26-3)8-9-19(18)27-4/h5-9,14H,10-13H2,1-4H3,(H,22,25). The molecule has 27 heavy (non-hydrogen) atoms. The Balaban J connectivity index is 1.66. The average molecular weight is 369 g/mol. The van der Waals surface area contributed by atoms with Crippen LogP contribution in [-0.2, 0) is 0 Å². The molecule has 2 amide bonds. The van der Waals surface area contributed by atoms with Gasteiger partial charge in [0.1, 0.15) is 11.5 Å². The topological polar surface area (TPSA) is 54.0 Å². The normalized spacial score (nSPS) is 14.1. The first-order chi connectivity index (χ1) is 13.0. The number of para-hydroxylation sites is 1. The fraction of sp³-hybridized carbons (Fsp3) is 0.381. The molecule has 0 aliphatic carbocycles. The van der Waals surface area contributed by atoms with Gasteiger partial charge in [0, 0.05) is 37.9 Å². The molecule has 1 fully saturated rings. The first-order valence-corrected chi connectivity index (χ1v) is 9.12. The van der Waals surface area contributed by atoms with E-state index in [9.17, 15) is 4.79 Å². The van der Waals surface area contributed by atoms with Crippen LogP contribution in [0.25, 0.3) is 0 Å². The number of nitrogens with zero attached hydrogens (tertiary/aromatic N) is 2. The SMILES string of the molecule is COc1ccc(OC)c(NC(=O)N2CCN(c3c(C)cccc3C)CC2)c1. The fourth-order valence-electron chi connectivity index (χ4n) is 3.54. The molecule has 0 unspecified atom stereocenters. The van der Waals surface area contributed by atoms with Crippen LogP contribution in [0.1, 0.15) is 11.1 Å². The van der Waals surface area contributed by atoms with Gasteiger partial charge in [-0.25, -0.2) is 4.79 Å². The van der Waals surface area contributed by atoms with Crippen LogP contribution in [0, 0.1) is 13.8 Å². The zero-order valence-corrected chi connectivity index (χ0v) is 16.4. The van der Waals surface area contributed by atoms with Crippen molar-refractivity contribution < 1.29 is 14.3 Å². The van der Waals surface area contributed by atoms with Crippen molar-refractivity contribution in [2.24, 2.45) is 0 Å². The molecule has 6 heteroatoms. The number of methoxy groups -OCH3 is 2. The van der Waals surface area contributed by atoms with Gasteiger partial charge in [-0.05, 0) is 37.1 Å². The monoisotopic (exact) mass is 369 g/mol. The second-order valence-electron chi connectivity index (χ2n) is 6.71. The Bertz CT molecular complexity index is 794. The van der Waals surface area contributed by atoms with Gasteiger partial charge >= 0.3 is 6.03 Å². The molecule has 0 saturated carbocycles. The number of hydrogen-bond donors (Lipinski definition) is 1. The van der Waals surface area contributed by atoms with Crippen LogP contribution in [0.2, 0.25) is 0 Å². The van der Waals surface area contributed by atoms with Crippen molar-refractivity contribution in [2.75, 3.05) is 50.6 Å². The van der Waals surface area contributed by atoms with Gasteiger partial charge in [0.2, 0.25) is 0 Å². The van der Waals surface area contributed by atoms with Crippen molar-refractivity contribution in [2.45, 2.75) is 13.8 Å². The molecule has 1 saturated heterocycles. The summed E-state index contributed by atoms with van der Waals surface area (Å²) in [6.07, 6.45) is 0. The lowest BCUT2D eigenvalue weighted by molar-refractivity contribution is 0.208. The van der Waals surface area contributed by atoms with Crippen LogP contribution in [-0.4, -0.2) is 51.3 Å². The maximum absolute atomic E-state index is 12.7. The predicted molar refractivity (Wildman–Crippen MR) is 108 cm³/mol. The van der Waals surface area contributed by atoms with Gasteiger partial charge in [-0.15, -0.1) is 0 Å². The highest BCUT2D eigenvalue weighted by Crippen LogP contribution is 2.30. The molecule has 0 aromatic heterocycles. The number of carbonyl (C=O) groups excluding carboxylic acids is 1. The summed E-state index contributed by atoms with van der Waals surface area (Å²) in [5, 5.41) is 2.95. The van der Waals surface area contributed by atoms with Crippen LogP contribution in [0.15, 0.2) is 36.4 Å². The van der Waals surface area contributed by atoms with Crippen LogP contribution >= 0.6 is 0 Å². The Kier molecular flexibility index (Phi) is 5.74. The molecule has 2 aromatic carbocycles. The maximum Gasteiger partial charge on any atom is 0.322 e. The number of aryl methyl sites for hydroxylation is 2. The summed E-state index contributed by atoms with van der Waals surface area (Å²) < 4.78 is 10.6. The molecular weight excluding hydrogens is 342 g/mol. The van der Waals surface area contributed by atoms with Crippen molar-refractivity contribution >= 4 is 17.4 Å². The third-order valence-electron chi connectivity index (χ3n) is 4.97. The minimum atomic E-state index is -0.122. The smallest absolute Gasteiger partial charge is 0.322 e. The molecule has 6 nitrogen and oxygen atoms in total. The predicted octanol–water partition coefficient (Wildman–Crippen LogP) is 3.67. The number of rotatable bonds is 4. The third kappa shape index (κ3) is 4.10. The van der Waals surface area contributed by atoms with Crippen LogP contribution in [0.4, 0.5) is 16.2 Å². The van der Waals surface area contributed by atoms with E-state index in [1.165, 1.54) is 16.8 Å². The number of nitrogens with one attached hydrogen (secondary N) is 1. The summed E-state index contributed by atoms with van der Waals surface area (Å²) in [5.74, 6) is 1.28. The lowest BCUT2D eigenvalue weighted by Gasteiger charge is -2.37. The van der Waals surface area contributed by atoms with Gasteiger partial charge in [-0.3, -0.25) is 0 Å². The molecule has 144 valence electrons. The lowest BCUT2D eigenvalue weighted by atomic mass is 10.1. The zero-order chi connectivity index (χ0) is 19.4. The fourth-order valence-corrected chi connectivity index (χ4v) is 3.54. The molecule has 1 aliphatic heterocycles. The molecule has 3 rings (SSSR count). The van der Waals surface area contributed by atoms with E-state index in [0.717, 1.165) is 13.1 Å². The second kappa shape index (κ2) is 8.20. The van der Waals surface area contributed by atoms with E-state index in [-0.39, 0.29) is 6.03 Å². The average Bonchev–Trinajstić information content (AvgIpc) is 2.68. The minimum Gasteiger partial charge on any atom is -0.497 e. The van der Waals surface area contributed by atoms with Gasteiger partial charge in [-0.2, -0.15) is 0 Å². The largest absolute Gasteiger partial charge is 0.497 e. The highest BCUT2D eigenvalue weighted by atomic mass is 16.5. The zero-order valence-electron chi connectivity index (χ0n) is 16.4. The van der Waals surface area contributed by atoms with Gasteiger partial charge < -0.3 is 24.6 Å². The van der Waals surface area contributed by atoms with Gasteiger partial charge in [-0.1, -0.05) is 18.2 Å². The molecule has 1 N–H and O–H groups in total. The van der Waals surface area contributed by atoms with Crippen molar-refractivity contribution in [1.29, 1.82) is 0 Å². The molecule has 0 spiro atoms. The van der Waals surface area contributed by atoms with Gasteiger partial charge in [0.05, 0.1) is 19.9 Å². The van der Waals surface area contributed by atoms with E-state index in [4.69, 9.17) is 9.47 Å². The van der Waals surface area contributed by atoms with E-state index in [2.05, 4.69) is 42.3 Å². The number of anilines is 2. The Hall–Kier alpha value is -2.89. The number of carbonyl (C=O) groups is 1. The number of hydrogen-bond acceptors (Lipinski definition) is 4. The number of urea groups is 1. The number of piperazine rings is 1. The summed E-state index contributed by atoms with van der Waals surface area (Å²) >= 11 is 0. The maximum atomic E-state index is 12.7. The Morgan fingerprint density at radius 2 is 1.63 bits per heavy atom. The number of ether oxygens (including phenoxy) is 2. The van der Waals surface area contributed by atoms with Crippen LogP contribution in [0.5, 0.6) is 11.5 Å². The molecule has 0 radical (unpaired) electrons. The first kappa shape index (κ1) is 18.9. The van der Waals surface area contributed by atoms with Crippen molar-refractivity contribution in [3.8, 4) is 11.5 Å². The second-order valence-corrected chi connectivity index (χ2v) is 6.71. The molecular formula is C21H27N3O3. The third-order valence-corrected chi connectivity index (χ3v) is 4.97. The Morgan fingerprint density at radius 3 is 2.22 bits per heavy atom. The summed E-state index contributed by atoms with van der Waals surface area (Å²) in [5.41, 5.74) is 4.44. The summed E-state index contributed by atoms with van der Waals surface area (Å²) in [6.45, 7) is 7.24. The van der Waals surface area contributed by atoms with Crippen molar-refractivity contribution in [3.63, 3.8) is 0 Å². The minimum absolute atomic E-state index is 0.122. The number of benzene rings is 2. The van der Waals surface area contributed by atoms with E-state index in [1.807, 2.05) is 4.90 Å². The molecule has 2 aromatic rings. The van der Waals surface area contributed by atoms with Gasteiger partial charge in [0.15, 0.2) is 0 Å². The number of amides is 2. The molecule has 1 heterocycles. The van der Waals surface area contributed by atoms with E-state index in [1.54, 1.807) is 32.4 Å². The quantitative estimate of drug-likeness (QED) is 0.893. The van der Waals surface area contributed by atoms with E-state index >= 15 is 0 Å². The summed E-state index contributed by atoms with van der Waals surface area (Å²) in [7, 11) is 3.18. The summed E-state index contributed by atoms with van der Waals surface area (Å²) in [6, 6.07) is 11.6. The first-order valence-electron chi connectivity index (χ1n) is 9.12. The Labute approximate surface area is 160 Å².